The first-order valence-corrected chi connectivity index (χ1v) is 6.93. The quantitative estimate of drug-likeness (QED) is 0.925. The number of aromatic nitrogens is 2. The summed E-state index contributed by atoms with van der Waals surface area (Å²) in [6.45, 7) is 3.49. The van der Waals surface area contributed by atoms with Crippen LogP contribution in [-0.2, 0) is 10.0 Å². The van der Waals surface area contributed by atoms with E-state index >= 15 is 0 Å². The topological polar surface area (TPSA) is 63.5 Å². The van der Waals surface area contributed by atoms with Crippen molar-refractivity contribution in [1.29, 1.82) is 0 Å². The first-order chi connectivity index (χ1) is 7.92. The lowest BCUT2D eigenvalue weighted by molar-refractivity contribution is 0.565. The highest BCUT2D eigenvalue weighted by atomic mass is 35.5. The van der Waals surface area contributed by atoms with E-state index in [1.54, 1.807) is 38.2 Å². The number of hydrogen-bond donors (Lipinski definition) is 1. The Morgan fingerprint density at radius 1 is 1.41 bits per heavy atom. The maximum atomic E-state index is 12.1. The van der Waals surface area contributed by atoms with Crippen molar-refractivity contribution in [3.63, 3.8) is 0 Å². The van der Waals surface area contributed by atoms with Crippen LogP contribution in [0.3, 0.4) is 0 Å². The maximum Gasteiger partial charge on any atom is 0.259 e. The molecule has 2 aromatic heterocycles. The number of rotatable bonds is 3. The molecule has 0 radical (unpaired) electrons. The molecule has 1 N–H and O–H groups in total. The zero-order valence-electron chi connectivity index (χ0n) is 9.38. The molecule has 7 heteroatoms. The molecule has 92 valence electrons. The number of pyridine rings is 1. The molecule has 0 atom stereocenters. The number of imidazole rings is 1. The van der Waals surface area contributed by atoms with Crippen molar-refractivity contribution in [1.82, 2.24) is 14.1 Å². The van der Waals surface area contributed by atoms with Gasteiger partial charge in [0.15, 0.2) is 10.2 Å². The number of nitrogens with one attached hydrogen (secondary N) is 1. The Bertz CT molecular complexity index is 649. The first kappa shape index (κ1) is 12.3. The Morgan fingerprint density at radius 2 is 2.12 bits per heavy atom. The summed E-state index contributed by atoms with van der Waals surface area (Å²) in [4.78, 5) is 4.00. The number of hydrogen-bond acceptors (Lipinski definition) is 3. The normalized spacial score (nSPS) is 12.5. The second-order valence-corrected chi connectivity index (χ2v) is 5.90. The summed E-state index contributed by atoms with van der Waals surface area (Å²) in [6, 6.07) is 4.98. The summed E-state index contributed by atoms with van der Waals surface area (Å²) >= 11 is 5.88. The van der Waals surface area contributed by atoms with Crippen LogP contribution in [0.1, 0.15) is 13.8 Å². The van der Waals surface area contributed by atoms with Gasteiger partial charge in [-0.25, -0.2) is 18.1 Å². The molecule has 0 fully saturated rings. The van der Waals surface area contributed by atoms with E-state index in [0.717, 1.165) is 0 Å². The van der Waals surface area contributed by atoms with Gasteiger partial charge in [0.25, 0.3) is 10.0 Å². The Hall–Kier alpha value is -1.11. The second-order valence-electron chi connectivity index (χ2n) is 3.91. The summed E-state index contributed by atoms with van der Waals surface area (Å²) in [6.07, 6.45) is 1.61. The minimum absolute atomic E-state index is 0.0237. The number of nitrogens with zero attached hydrogens (tertiary/aromatic N) is 2. The van der Waals surface area contributed by atoms with Crippen molar-refractivity contribution in [3.8, 4) is 0 Å². The third kappa shape index (κ3) is 2.29. The van der Waals surface area contributed by atoms with Gasteiger partial charge in [-0.15, -0.1) is 0 Å². The average Bonchev–Trinajstić information content (AvgIpc) is 2.51. The highest BCUT2D eigenvalue weighted by Gasteiger charge is 2.24. The lowest BCUT2D eigenvalue weighted by Gasteiger charge is -2.09. The molecule has 2 rings (SSSR count). The molecular formula is C10H12ClN3O2S. The predicted octanol–water partition coefficient (Wildman–Crippen LogP) is 1.67. The van der Waals surface area contributed by atoms with E-state index in [2.05, 4.69) is 9.71 Å². The molecule has 2 aromatic rings. The lowest BCUT2D eigenvalue weighted by atomic mass is 10.4. The van der Waals surface area contributed by atoms with Crippen molar-refractivity contribution >= 4 is 27.3 Å². The van der Waals surface area contributed by atoms with Gasteiger partial charge in [0, 0.05) is 12.2 Å². The Morgan fingerprint density at radius 3 is 2.76 bits per heavy atom. The van der Waals surface area contributed by atoms with Crippen LogP contribution in [0.25, 0.3) is 5.65 Å². The van der Waals surface area contributed by atoms with Crippen LogP contribution in [0.2, 0.25) is 5.15 Å². The third-order valence-corrected chi connectivity index (χ3v) is 4.15. The standard InChI is InChI=1S/C10H12ClN3O2S/c1-7(2)13-17(15,16)10-9(11)12-8-5-3-4-6-14(8)10/h3-7,13H,1-2H3. The molecule has 2 heterocycles. The highest BCUT2D eigenvalue weighted by Crippen LogP contribution is 2.22. The molecule has 0 aliphatic heterocycles. The largest absolute Gasteiger partial charge is 0.288 e. The van der Waals surface area contributed by atoms with Gasteiger partial charge in [0.2, 0.25) is 0 Å². The fourth-order valence-corrected chi connectivity index (χ4v) is 3.45. The molecule has 0 saturated heterocycles. The molecule has 0 unspecified atom stereocenters. The van der Waals surface area contributed by atoms with Gasteiger partial charge >= 0.3 is 0 Å². The van der Waals surface area contributed by atoms with Crippen LogP contribution in [0.4, 0.5) is 0 Å². The molecule has 0 aromatic carbocycles. The molecule has 17 heavy (non-hydrogen) atoms. The zero-order chi connectivity index (χ0) is 12.6. The van der Waals surface area contributed by atoms with Crippen molar-refractivity contribution < 1.29 is 8.42 Å². The number of halogens is 1. The fourth-order valence-electron chi connectivity index (χ4n) is 1.55. The molecule has 0 spiro atoms. The van der Waals surface area contributed by atoms with E-state index in [9.17, 15) is 8.42 Å². The minimum Gasteiger partial charge on any atom is -0.288 e. The van der Waals surface area contributed by atoms with E-state index in [4.69, 9.17) is 11.6 Å². The van der Waals surface area contributed by atoms with Gasteiger partial charge in [-0.3, -0.25) is 4.40 Å². The summed E-state index contributed by atoms with van der Waals surface area (Å²) in [5.74, 6) is 0. The predicted molar refractivity (Wildman–Crippen MR) is 65.7 cm³/mol. The molecule has 5 nitrogen and oxygen atoms in total. The van der Waals surface area contributed by atoms with E-state index in [1.165, 1.54) is 4.40 Å². The summed E-state index contributed by atoms with van der Waals surface area (Å²) in [5, 5.41) is -0.0483. The zero-order valence-corrected chi connectivity index (χ0v) is 11.0. The molecule has 0 aliphatic rings. The van der Waals surface area contributed by atoms with Gasteiger partial charge in [-0.2, -0.15) is 0 Å². The van der Waals surface area contributed by atoms with Gasteiger partial charge in [0.05, 0.1) is 0 Å². The van der Waals surface area contributed by atoms with E-state index in [0.29, 0.717) is 5.65 Å². The fraction of sp³-hybridized carbons (Fsp3) is 0.300. The Labute approximate surface area is 104 Å². The van der Waals surface area contributed by atoms with Crippen molar-refractivity contribution in [2.45, 2.75) is 24.9 Å². The second kappa shape index (κ2) is 4.29. The monoisotopic (exact) mass is 273 g/mol. The maximum absolute atomic E-state index is 12.1. The number of sulfonamides is 1. The molecule has 0 saturated carbocycles. The average molecular weight is 274 g/mol. The van der Waals surface area contributed by atoms with E-state index in [1.807, 2.05) is 0 Å². The van der Waals surface area contributed by atoms with E-state index < -0.39 is 10.0 Å². The molecular weight excluding hydrogens is 262 g/mol. The Balaban J connectivity index is 2.66. The summed E-state index contributed by atoms with van der Waals surface area (Å²) < 4.78 is 28.1. The first-order valence-electron chi connectivity index (χ1n) is 5.07. The lowest BCUT2D eigenvalue weighted by Crippen LogP contribution is -2.31. The third-order valence-electron chi connectivity index (χ3n) is 2.09. The highest BCUT2D eigenvalue weighted by molar-refractivity contribution is 7.89. The van der Waals surface area contributed by atoms with Crippen LogP contribution in [0.15, 0.2) is 29.4 Å². The van der Waals surface area contributed by atoms with Crippen molar-refractivity contribution in [2.75, 3.05) is 0 Å². The van der Waals surface area contributed by atoms with Crippen molar-refractivity contribution in [2.24, 2.45) is 0 Å². The van der Waals surface area contributed by atoms with E-state index in [-0.39, 0.29) is 16.2 Å². The molecule has 0 bridgehead atoms. The van der Waals surface area contributed by atoms with Crippen molar-refractivity contribution in [3.05, 3.63) is 29.5 Å². The number of fused-ring (bicyclic) bond motifs is 1. The Kier molecular flexibility index (Phi) is 3.11. The summed E-state index contributed by atoms with van der Waals surface area (Å²) in [5.41, 5.74) is 0.502. The van der Waals surface area contributed by atoms with Gasteiger partial charge in [0.1, 0.15) is 5.65 Å². The van der Waals surface area contributed by atoms with Crippen LogP contribution >= 0.6 is 11.6 Å². The van der Waals surface area contributed by atoms with Crippen LogP contribution in [0.5, 0.6) is 0 Å². The van der Waals surface area contributed by atoms with Crippen LogP contribution in [0, 0.1) is 0 Å². The smallest absolute Gasteiger partial charge is 0.259 e. The van der Waals surface area contributed by atoms with Crippen LogP contribution in [-0.4, -0.2) is 23.8 Å². The summed E-state index contributed by atoms with van der Waals surface area (Å²) in [7, 11) is -3.65. The minimum atomic E-state index is -3.65. The van der Waals surface area contributed by atoms with Gasteiger partial charge < -0.3 is 0 Å². The SMILES string of the molecule is CC(C)NS(=O)(=O)c1c(Cl)nc2ccccn12. The molecule has 0 amide bonds. The van der Waals surface area contributed by atoms with Crippen LogP contribution < -0.4 is 4.72 Å². The molecule has 0 aliphatic carbocycles. The van der Waals surface area contributed by atoms with Gasteiger partial charge in [-0.05, 0) is 26.0 Å². The van der Waals surface area contributed by atoms with Gasteiger partial charge in [-0.1, -0.05) is 17.7 Å².